The van der Waals surface area contributed by atoms with E-state index in [2.05, 4.69) is 46.3 Å². The fraction of sp³-hybridized carbons (Fsp3) is 0.552. The number of carbonyl (C=O) groups excluding carboxylic acids is 1. The van der Waals surface area contributed by atoms with Crippen molar-refractivity contribution >= 4 is 29.0 Å². The van der Waals surface area contributed by atoms with E-state index in [0.29, 0.717) is 18.3 Å². The number of nitrogens with zero attached hydrogens (tertiary/aromatic N) is 3. The first kappa shape index (κ1) is 28.6. The highest BCUT2D eigenvalue weighted by molar-refractivity contribution is 8.00. The van der Waals surface area contributed by atoms with Crippen LogP contribution in [0.25, 0.3) is 0 Å². The summed E-state index contributed by atoms with van der Waals surface area (Å²) >= 11 is -0.101. The maximum Gasteiger partial charge on any atom is 0.446 e. The highest BCUT2D eigenvalue weighted by Gasteiger charge is 2.40. The summed E-state index contributed by atoms with van der Waals surface area (Å²) in [4.78, 5) is 20.0. The predicted molar refractivity (Wildman–Crippen MR) is 150 cm³/mol. The number of amides is 1. The van der Waals surface area contributed by atoms with Gasteiger partial charge < -0.3 is 20.0 Å². The lowest BCUT2D eigenvalue weighted by atomic mass is 10.0. The summed E-state index contributed by atoms with van der Waals surface area (Å²) in [6.45, 7) is 8.73. The summed E-state index contributed by atoms with van der Waals surface area (Å²) in [7, 11) is 0. The molecule has 0 saturated carbocycles. The van der Waals surface area contributed by atoms with E-state index in [0.717, 1.165) is 64.3 Å². The van der Waals surface area contributed by atoms with Crippen molar-refractivity contribution in [2.75, 3.05) is 56.0 Å². The quantitative estimate of drug-likeness (QED) is 0.423. The molecule has 0 aliphatic carbocycles. The van der Waals surface area contributed by atoms with Crippen LogP contribution in [0, 0.1) is 18.8 Å². The van der Waals surface area contributed by atoms with Gasteiger partial charge in [0.25, 0.3) is 0 Å². The number of aryl methyl sites for hydroxylation is 1. The van der Waals surface area contributed by atoms with Gasteiger partial charge in [0, 0.05) is 74.5 Å². The molecule has 2 unspecified atom stereocenters. The molecule has 0 aromatic heterocycles. The van der Waals surface area contributed by atoms with E-state index in [1.807, 2.05) is 4.90 Å². The van der Waals surface area contributed by atoms with Crippen molar-refractivity contribution in [1.82, 2.24) is 9.80 Å². The molecule has 1 N–H and O–H groups in total. The molecule has 3 fully saturated rings. The molecule has 3 aliphatic rings. The van der Waals surface area contributed by atoms with Crippen LogP contribution in [0.5, 0.6) is 0 Å². The van der Waals surface area contributed by atoms with E-state index < -0.39 is 5.51 Å². The number of fused-ring (bicyclic) bond motifs is 1. The lowest BCUT2D eigenvalue weighted by Gasteiger charge is -2.33. The number of likely N-dealkylation sites (tertiary alicyclic amines) is 2. The van der Waals surface area contributed by atoms with Crippen LogP contribution >= 0.6 is 11.8 Å². The van der Waals surface area contributed by atoms with Crippen LogP contribution in [-0.2, 0) is 4.79 Å². The Kier molecular flexibility index (Phi) is 9.19. The van der Waals surface area contributed by atoms with Gasteiger partial charge in [-0.05, 0) is 79.8 Å². The van der Waals surface area contributed by atoms with E-state index in [1.54, 1.807) is 12.1 Å². The van der Waals surface area contributed by atoms with Gasteiger partial charge in [-0.1, -0.05) is 25.1 Å². The number of alkyl halides is 3. The summed E-state index contributed by atoms with van der Waals surface area (Å²) in [5.74, 6) is 1.59. The second-order valence-corrected chi connectivity index (χ2v) is 11.8. The molecule has 9 heteroatoms. The minimum atomic E-state index is -4.27. The molecular weight excluding hydrogens is 509 g/mol. The largest absolute Gasteiger partial charge is 0.446 e. The first-order chi connectivity index (χ1) is 17.7. The van der Waals surface area contributed by atoms with Crippen LogP contribution in [0.1, 0.15) is 32.3 Å². The summed E-state index contributed by atoms with van der Waals surface area (Å²) in [6.07, 6.45) is 2.25. The van der Waals surface area contributed by atoms with Gasteiger partial charge in [0.15, 0.2) is 0 Å². The first-order valence-electron chi connectivity index (χ1n) is 13.2. The Bertz CT molecular complexity index is 1040. The molecule has 208 valence electrons. The van der Waals surface area contributed by atoms with Gasteiger partial charge in [0.2, 0.25) is 5.91 Å². The normalized spacial score (nSPS) is 22.3. The topological polar surface area (TPSA) is 38.8 Å². The lowest BCUT2D eigenvalue weighted by molar-refractivity contribution is -0.132. The first-order valence-corrected chi connectivity index (χ1v) is 14.0. The molecule has 0 spiro atoms. The zero-order valence-corrected chi connectivity index (χ0v) is 22.0. The van der Waals surface area contributed by atoms with E-state index in [4.69, 9.17) is 0 Å². The van der Waals surface area contributed by atoms with Crippen LogP contribution in [0.3, 0.4) is 0 Å². The third kappa shape index (κ3) is 7.38. The van der Waals surface area contributed by atoms with Gasteiger partial charge in [-0.15, -0.1) is 0 Å². The molecule has 5 nitrogen and oxygen atoms in total. The monoisotopic (exact) mass is 548 g/mol. The Labute approximate surface area is 228 Å². The number of hydrogen-bond acceptors (Lipinski definition) is 5. The molecule has 3 saturated heterocycles. The summed E-state index contributed by atoms with van der Waals surface area (Å²) in [5, 5.41) is 3.41. The third-order valence-electron chi connectivity index (χ3n) is 7.91. The second-order valence-electron chi connectivity index (χ2n) is 10.6. The standard InChI is InChI=1S/C28H35F3N4OS.CH4/c1-20-2-6-25(7-3-20)35-18-21-16-33(17-22(21)19-35)13-12-27(36)34-14-10-24(11-15-34)32-23-4-8-26(9-5-23)37-28(29,30)31;/h2-9,21-22,24,32H,10-19H2,1H3;1H4. The number of piperidine rings is 1. The van der Waals surface area contributed by atoms with Gasteiger partial charge in [0.05, 0.1) is 0 Å². The molecule has 3 aliphatic heterocycles. The van der Waals surface area contributed by atoms with Crippen LogP contribution in [0.2, 0.25) is 0 Å². The number of halogens is 3. The molecule has 1 amide bonds. The van der Waals surface area contributed by atoms with Crippen molar-refractivity contribution in [3.05, 3.63) is 54.1 Å². The zero-order valence-electron chi connectivity index (χ0n) is 21.2. The van der Waals surface area contributed by atoms with E-state index in [-0.39, 0.29) is 36.0 Å². The van der Waals surface area contributed by atoms with Crippen LogP contribution in [0.4, 0.5) is 24.5 Å². The van der Waals surface area contributed by atoms with Crippen molar-refractivity contribution in [3.63, 3.8) is 0 Å². The molecule has 2 aromatic rings. The number of benzene rings is 2. The Balaban J connectivity index is 0.00000336. The maximum atomic E-state index is 12.9. The summed E-state index contributed by atoms with van der Waals surface area (Å²) in [5.41, 5.74) is -0.851. The molecule has 0 bridgehead atoms. The van der Waals surface area contributed by atoms with Crippen molar-refractivity contribution in [1.29, 1.82) is 0 Å². The average molecular weight is 549 g/mol. The number of thioether (sulfide) groups is 1. The minimum Gasteiger partial charge on any atom is -0.382 e. The smallest absolute Gasteiger partial charge is 0.382 e. The third-order valence-corrected chi connectivity index (χ3v) is 8.65. The minimum absolute atomic E-state index is 0. The average Bonchev–Trinajstić information content (AvgIpc) is 3.43. The van der Waals surface area contributed by atoms with Crippen LogP contribution in [-0.4, -0.2) is 73.1 Å². The highest BCUT2D eigenvalue weighted by atomic mass is 32.2. The zero-order chi connectivity index (χ0) is 26.0. The van der Waals surface area contributed by atoms with Gasteiger partial charge in [-0.2, -0.15) is 13.2 Å². The second kappa shape index (κ2) is 12.2. The molecule has 2 atom stereocenters. The Hall–Kier alpha value is -2.39. The number of hydrogen-bond donors (Lipinski definition) is 1. The number of carbonyl (C=O) groups is 1. The van der Waals surface area contributed by atoms with Crippen molar-refractivity contribution in [2.24, 2.45) is 11.8 Å². The Morgan fingerprint density at radius 2 is 1.55 bits per heavy atom. The SMILES string of the molecule is C.Cc1ccc(N2CC3CN(CCC(=O)N4CCC(Nc5ccc(SC(F)(F)F)cc5)CC4)CC3C2)cc1. The Morgan fingerprint density at radius 3 is 2.13 bits per heavy atom. The molecule has 38 heavy (non-hydrogen) atoms. The van der Waals surface area contributed by atoms with Crippen molar-refractivity contribution in [3.8, 4) is 0 Å². The fourth-order valence-electron chi connectivity index (χ4n) is 5.91. The van der Waals surface area contributed by atoms with E-state index in [9.17, 15) is 18.0 Å². The molecule has 5 rings (SSSR count). The maximum absolute atomic E-state index is 12.9. The molecule has 0 radical (unpaired) electrons. The molecular formula is C29H39F3N4OS. The lowest BCUT2D eigenvalue weighted by Crippen LogP contribution is -2.43. The number of rotatable bonds is 7. The summed E-state index contributed by atoms with van der Waals surface area (Å²) in [6, 6.07) is 15.4. The van der Waals surface area contributed by atoms with Crippen LogP contribution < -0.4 is 10.2 Å². The van der Waals surface area contributed by atoms with Crippen LogP contribution in [0.15, 0.2) is 53.4 Å². The number of nitrogens with one attached hydrogen (secondary N) is 1. The predicted octanol–water partition coefficient (Wildman–Crippen LogP) is 6.10. The van der Waals surface area contributed by atoms with Crippen molar-refractivity contribution in [2.45, 2.75) is 50.1 Å². The van der Waals surface area contributed by atoms with Gasteiger partial charge in [0.1, 0.15) is 0 Å². The van der Waals surface area contributed by atoms with Crippen molar-refractivity contribution < 1.29 is 18.0 Å². The van der Waals surface area contributed by atoms with E-state index in [1.165, 1.54) is 23.4 Å². The Morgan fingerprint density at radius 1 is 0.947 bits per heavy atom. The highest BCUT2D eigenvalue weighted by Crippen LogP contribution is 2.37. The number of anilines is 2. The van der Waals surface area contributed by atoms with Gasteiger partial charge >= 0.3 is 5.51 Å². The summed E-state index contributed by atoms with van der Waals surface area (Å²) < 4.78 is 37.5. The van der Waals surface area contributed by atoms with Gasteiger partial charge in [-0.25, -0.2) is 0 Å². The fourth-order valence-corrected chi connectivity index (χ4v) is 6.45. The van der Waals surface area contributed by atoms with E-state index >= 15 is 0 Å². The van der Waals surface area contributed by atoms with Gasteiger partial charge in [-0.3, -0.25) is 4.79 Å². The molecule has 2 aromatic carbocycles. The molecule has 3 heterocycles.